The maximum Gasteiger partial charge on any atom is 0.270 e. The molecule has 1 aromatic heterocycles. The predicted octanol–water partition coefficient (Wildman–Crippen LogP) is 6.08. The Bertz CT molecular complexity index is 1380. The van der Waals surface area contributed by atoms with E-state index in [0.717, 1.165) is 56.6 Å². The highest BCUT2D eigenvalue weighted by Gasteiger charge is 2.38. The second-order valence-electron chi connectivity index (χ2n) is 11.2. The molecule has 0 radical (unpaired) electrons. The van der Waals surface area contributed by atoms with Gasteiger partial charge in [-0.1, -0.05) is 84.4 Å². The fraction of sp³-hybridized carbons (Fsp3) is 0.353. The maximum absolute atomic E-state index is 13.6. The van der Waals surface area contributed by atoms with Gasteiger partial charge in [-0.2, -0.15) is 0 Å². The van der Waals surface area contributed by atoms with E-state index in [-0.39, 0.29) is 17.4 Å². The molecule has 41 heavy (non-hydrogen) atoms. The Morgan fingerprint density at radius 1 is 0.927 bits per heavy atom. The van der Waals surface area contributed by atoms with Crippen LogP contribution in [-0.2, 0) is 23.2 Å². The van der Waals surface area contributed by atoms with Gasteiger partial charge in [-0.05, 0) is 67.6 Å². The molecule has 3 heterocycles. The smallest absolute Gasteiger partial charge is 0.270 e. The highest BCUT2D eigenvalue weighted by Crippen LogP contribution is 2.42. The third-order valence-electron chi connectivity index (χ3n) is 8.64. The predicted molar refractivity (Wildman–Crippen MR) is 162 cm³/mol. The average Bonchev–Trinajstić information content (AvgIpc) is 3.69. The van der Waals surface area contributed by atoms with Gasteiger partial charge in [-0.3, -0.25) is 9.69 Å². The number of imidazole rings is 1. The highest BCUT2D eigenvalue weighted by atomic mass is 35.5. The van der Waals surface area contributed by atoms with E-state index in [0.29, 0.717) is 30.4 Å². The molecular formula is C34H37ClN4O2. The quantitative estimate of drug-likeness (QED) is 0.266. The van der Waals surface area contributed by atoms with Crippen molar-refractivity contribution in [1.29, 1.82) is 0 Å². The van der Waals surface area contributed by atoms with Crippen molar-refractivity contribution >= 4 is 17.5 Å². The first-order valence-corrected chi connectivity index (χ1v) is 15.0. The van der Waals surface area contributed by atoms with Crippen LogP contribution in [0.15, 0.2) is 91.3 Å². The topological polar surface area (TPSA) is 59.4 Å². The first-order chi connectivity index (χ1) is 20.1. The summed E-state index contributed by atoms with van der Waals surface area (Å²) in [6.45, 7) is 4.32. The standard InChI is InChI=1S/C34H37ClN4O2/c35-29-15-13-26(14-16-29)23-39-25-37-31(32(39)33(40)36-22-30-12-7-21-41-30)24-38-19-17-34(18-20-38,27-8-3-1-4-9-27)28-10-5-2-6-11-28/h1-6,8-11,13-16,25,30H,7,12,17-24H2,(H,36,40). The van der Waals surface area contributed by atoms with Gasteiger partial charge in [0.15, 0.2) is 0 Å². The number of aromatic nitrogens is 2. The summed E-state index contributed by atoms with van der Waals surface area (Å²) in [6, 6.07) is 29.5. The molecule has 1 atom stereocenters. The van der Waals surface area contributed by atoms with Crippen LogP contribution < -0.4 is 5.32 Å². The molecule has 2 aliphatic heterocycles. The Hall–Kier alpha value is -3.45. The number of halogens is 1. The molecule has 4 aromatic rings. The average molecular weight is 569 g/mol. The Labute approximate surface area is 247 Å². The van der Waals surface area contributed by atoms with Crippen molar-refractivity contribution in [3.63, 3.8) is 0 Å². The summed E-state index contributed by atoms with van der Waals surface area (Å²) in [7, 11) is 0. The molecular weight excluding hydrogens is 532 g/mol. The van der Waals surface area contributed by atoms with Gasteiger partial charge in [0, 0.05) is 36.7 Å². The molecule has 1 unspecified atom stereocenters. The van der Waals surface area contributed by atoms with Crippen LogP contribution >= 0.6 is 11.6 Å². The van der Waals surface area contributed by atoms with Gasteiger partial charge >= 0.3 is 0 Å². The first-order valence-electron chi connectivity index (χ1n) is 14.6. The zero-order chi connectivity index (χ0) is 28.1. The summed E-state index contributed by atoms with van der Waals surface area (Å²) in [5, 5.41) is 3.83. The molecule has 0 bridgehead atoms. The number of nitrogens with one attached hydrogen (secondary N) is 1. The second kappa shape index (κ2) is 12.6. The SMILES string of the molecule is O=C(NCC1CCCO1)c1c(CN2CCC(c3ccccc3)(c3ccccc3)CC2)ncn1Cc1ccc(Cl)cc1. The zero-order valence-electron chi connectivity index (χ0n) is 23.3. The summed E-state index contributed by atoms with van der Waals surface area (Å²) in [4.78, 5) is 20.8. The maximum atomic E-state index is 13.6. The number of piperidine rings is 1. The molecule has 2 saturated heterocycles. The molecule has 212 valence electrons. The molecule has 7 heteroatoms. The van der Waals surface area contributed by atoms with Crippen LogP contribution in [0.1, 0.15) is 58.6 Å². The van der Waals surface area contributed by atoms with Gasteiger partial charge in [0.1, 0.15) is 5.69 Å². The molecule has 1 amide bonds. The van der Waals surface area contributed by atoms with Crippen molar-refractivity contribution in [1.82, 2.24) is 19.8 Å². The van der Waals surface area contributed by atoms with Gasteiger partial charge in [-0.15, -0.1) is 0 Å². The van der Waals surface area contributed by atoms with E-state index in [2.05, 4.69) is 70.9 Å². The van der Waals surface area contributed by atoms with Crippen molar-refractivity contribution < 1.29 is 9.53 Å². The summed E-state index contributed by atoms with van der Waals surface area (Å²) < 4.78 is 7.71. The molecule has 1 N–H and O–H groups in total. The van der Waals surface area contributed by atoms with Gasteiger partial charge in [0.25, 0.3) is 5.91 Å². The van der Waals surface area contributed by atoms with E-state index in [1.807, 2.05) is 28.8 Å². The molecule has 0 saturated carbocycles. The summed E-state index contributed by atoms with van der Waals surface area (Å²) in [5.41, 5.74) is 5.23. The lowest BCUT2D eigenvalue weighted by Crippen LogP contribution is -2.43. The highest BCUT2D eigenvalue weighted by molar-refractivity contribution is 6.30. The van der Waals surface area contributed by atoms with Crippen molar-refractivity contribution in [3.8, 4) is 0 Å². The third-order valence-corrected chi connectivity index (χ3v) is 8.90. The van der Waals surface area contributed by atoms with E-state index in [1.165, 1.54) is 11.1 Å². The van der Waals surface area contributed by atoms with Crippen molar-refractivity contribution in [2.75, 3.05) is 26.2 Å². The number of hydrogen-bond donors (Lipinski definition) is 1. The molecule has 0 spiro atoms. The van der Waals surface area contributed by atoms with Crippen LogP contribution in [0.5, 0.6) is 0 Å². The lowest BCUT2D eigenvalue weighted by molar-refractivity contribution is 0.0847. The van der Waals surface area contributed by atoms with E-state index in [1.54, 1.807) is 6.33 Å². The minimum atomic E-state index is -0.0955. The number of carbonyl (C=O) groups excluding carboxylic acids is 1. The number of ether oxygens (including phenoxy) is 1. The Morgan fingerprint density at radius 3 is 2.20 bits per heavy atom. The molecule has 6 nitrogen and oxygen atoms in total. The van der Waals surface area contributed by atoms with Crippen LogP contribution in [0.25, 0.3) is 0 Å². The Morgan fingerprint density at radius 2 is 1.59 bits per heavy atom. The van der Waals surface area contributed by atoms with Crippen LogP contribution in [0.4, 0.5) is 0 Å². The van der Waals surface area contributed by atoms with Crippen molar-refractivity contribution in [3.05, 3.63) is 124 Å². The van der Waals surface area contributed by atoms with Crippen LogP contribution in [0.2, 0.25) is 5.02 Å². The monoisotopic (exact) mass is 568 g/mol. The van der Waals surface area contributed by atoms with Crippen LogP contribution in [0, 0.1) is 0 Å². The van der Waals surface area contributed by atoms with Crippen molar-refractivity contribution in [2.24, 2.45) is 0 Å². The normalized spacial score (nSPS) is 18.8. The summed E-state index contributed by atoms with van der Waals surface area (Å²) >= 11 is 6.11. The van der Waals surface area contributed by atoms with E-state index >= 15 is 0 Å². The van der Waals surface area contributed by atoms with Gasteiger partial charge in [0.05, 0.1) is 18.1 Å². The first kappa shape index (κ1) is 27.7. The molecule has 3 aromatic carbocycles. The number of benzene rings is 3. The van der Waals surface area contributed by atoms with Gasteiger partial charge in [-0.25, -0.2) is 4.98 Å². The fourth-order valence-electron chi connectivity index (χ4n) is 6.37. The Balaban J connectivity index is 1.21. The molecule has 0 aliphatic carbocycles. The zero-order valence-corrected chi connectivity index (χ0v) is 24.1. The number of carbonyl (C=O) groups is 1. The lowest BCUT2D eigenvalue weighted by atomic mass is 9.68. The number of hydrogen-bond acceptors (Lipinski definition) is 4. The molecule has 2 fully saturated rings. The molecule has 2 aliphatic rings. The second-order valence-corrected chi connectivity index (χ2v) is 11.7. The van der Waals surface area contributed by atoms with E-state index in [4.69, 9.17) is 21.3 Å². The minimum Gasteiger partial charge on any atom is -0.376 e. The third kappa shape index (κ3) is 6.25. The number of nitrogens with zero attached hydrogens (tertiary/aromatic N) is 3. The summed E-state index contributed by atoms with van der Waals surface area (Å²) in [6.07, 6.45) is 5.92. The number of rotatable bonds is 9. The van der Waals surface area contributed by atoms with Gasteiger partial charge < -0.3 is 14.6 Å². The fourth-order valence-corrected chi connectivity index (χ4v) is 6.49. The van der Waals surface area contributed by atoms with E-state index < -0.39 is 0 Å². The van der Waals surface area contributed by atoms with Crippen LogP contribution in [0.3, 0.4) is 0 Å². The Kier molecular flexibility index (Phi) is 8.51. The van der Waals surface area contributed by atoms with Crippen molar-refractivity contribution in [2.45, 2.75) is 50.3 Å². The van der Waals surface area contributed by atoms with Crippen LogP contribution in [-0.4, -0.2) is 52.7 Å². The number of likely N-dealkylation sites (tertiary alicyclic amines) is 1. The summed E-state index contributed by atoms with van der Waals surface area (Å²) in [5.74, 6) is -0.0955. The largest absolute Gasteiger partial charge is 0.376 e. The lowest BCUT2D eigenvalue weighted by Gasteiger charge is -2.43. The van der Waals surface area contributed by atoms with Gasteiger partial charge in [0.2, 0.25) is 0 Å². The molecule has 6 rings (SSSR count). The number of amides is 1. The minimum absolute atomic E-state index is 0.0194. The van der Waals surface area contributed by atoms with E-state index in [9.17, 15) is 4.79 Å².